The lowest BCUT2D eigenvalue weighted by molar-refractivity contribution is 0.0707. The van der Waals surface area contributed by atoms with Gasteiger partial charge in [0.05, 0.1) is 6.04 Å². The monoisotopic (exact) mass is 218 g/mol. The van der Waals surface area contributed by atoms with Gasteiger partial charge in [-0.05, 0) is 17.5 Å². The highest BCUT2D eigenvalue weighted by molar-refractivity contribution is 5.99. The molecule has 1 aliphatic heterocycles. The van der Waals surface area contributed by atoms with E-state index in [9.17, 15) is 4.79 Å². The second-order valence-electron chi connectivity index (χ2n) is 4.69. The summed E-state index contributed by atoms with van der Waals surface area (Å²) in [6, 6.07) is 7.83. The van der Waals surface area contributed by atoms with Gasteiger partial charge in [0.25, 0.3) is 5.91 Å². The third kappa shape index (κ3) is 1.71. The Labute approximate surface area is 96.2 Å². The molecule has 0 fully saturated rings. The summed E-state index contributed by atoms with van der Waals surface area (Å²) in [5.74, 6) is 0.590. The second-order valence-corrected chi connectivity index (χ2v) is 4.69. The fourth-order valence-corrected chi connectivity index (χ4v) is 2.30. The van der Waals surface area contributed by atoms with Crippen LogP contribution in [-0.2, 0) is 0 Å². The van der Waals surface area contributed by atoms with Crippen molar-refractivity contribution in [1.29, 1.82) is 0 Å². The van der Waals surface area contributed by atoms with Crippen molar-refractivity contribution in [2.45, 2.75) is 19.9 Å². The van der Waals surface area contributed by atoms with Crippen molar-refractivity contribution < 1.29 is 4.79 Å². The minimum atomic E-state index is 0.0612. The number of benzene rings is 1. The van der Waals surface area contributed by atoms with Crippen LogP contribution in [-0.4, -0.2) is 23.9 Å². The molecule has 3 heteroatoms. The number of carbonyl (C=O) groups is 1. The van der Waals surface area contributed by atoms with Gasteiger partial charge in [0, 0.05) is 18.7 Å². The van der Waals surface area contributed by atoms with E-state index in [1.54, 1.807) is 0 Å². The molecule has 1 heterocycles. The fraction of sp³-hybridized carbons (Fsp3) is 0.462. The van der Waals surface area contributed by atoms with Crippen LogP contribution in [0.1, 0.15) is 35.8 Å². The Morgan fingerprint density at radius 3 is 2.69 bits per heavy atom. The Morgan fingerprint density at radius 2 is 2.06 bits per heavy atom. The molecule has 0 bridgehead atoms. The molecule has 16 heavy (non-hydrogen) atoms. The molecule has 1 aromatic rings. The summed E-state index contributed by atoms with van der Waals surface area (Å²) in [6.07, 6.45) is 0. The van der Waals surface area contributed by atoms with Crippen molar-refractivity contribution in [3.05, 3.63) is 35.4 Å². The SMILES string of the molecule is CC(C)CN1C(=O)c2ccccc2[C@H]1CN. The maximum Gasteiger partial charge on any atom is 0.254 e. The van der Waals surface area contributed by atoms with Gasteiger partial charge >= 0.3 is 0 Å². The lowest BCUT2D eigenvalue weighted by Crippen LogP contribution is -2.35. The molecule has 3 nitrogen and oxygen atoms in total. The number of amides is 1. The quantitative estimate of drug-likeness (QED) is 0.840. The van der Waals surface area contributed by atoms with Gasteiger partial charge in [-0.15, -0.1) is 0 Å². The van der Waals surface area contributed by atoms with Crippen molar-refractivity contribution in [3.8, 4) is 0 Å². The van der Waals surface area contributed by atoms with Crippen LogP contribution in [0, 0.1) is 5.92 Å². The molecule has 0 aliphatic carbocycles. The van der Waals surface area contributed by atoms with Crippen molar-refractivity contribution in [2.75, 3.05) is 13.1 Å². The fourth-order valence-electron chi connectivity index (χ4n) is 2.30. The van der Waals surface area contributed by atoms with Gasteiger partial charge < -0.3 is 10.6 Å². The lowest BCUT2D eigenvalue weighted by Gasteiger charge is -2.25. The number of nitrogens with zero attached hydrogens (tertiary/aromatic N) is 1. The summed E-state index contributed by atoms with van der Waals surface area (Å²) in [5, 5.41) is 0. The molecular weight excluding hydrogens is 200 g/mol. The first-order valence-electron chi connectivity index (χ1n) is 5.75. The van der Waals surface area contributed by atoms with Crippen LogP contribution in [0.2, 0.25) is 0 Å². The van der Waals surface area contributed by atoms with E-state index in [-0.39, 0.29) is 11.9 Å². The van der Waals surface area contributed by atoms with E-state index in [0.29, 0.717) is 12.5 Å². The molecule has 0 spiro atoms. The van der Waals surface area contributed by atoms with E-state index in [0.717, 1.165) is 17.7 Å². The van der Waals surface area contributed by atoms with E-state index in [4.69, 9.17) is 5.73 Å². The van der Waals surface area contributed by atoms with Crippen molar-refractivity contribution in [3.63, 3.8) is 0 Å². The van der Waals surface area contributed by atoms with E-state index >= 15 is 0 Å². The van der Waals surface area contributed by atoms with Crippen LogP contribution in [0.5, 0.6) is 0 Å². The maximum absolute atomic E-state index is 12.2. The predicted octanol–water partition coefficient (Wildman–Crippen LogP) is 1.80. The summed E-state index contributed by atoms with van der Waals surface area (Å²) in [7, 11) is 0. The van der Waals surface area contributed by atoms with Crippen LogP contribution in [0.25, 0.3) is 0 Å². The standard InChI is InChI=1S/C13H18N2O/c1-9(2)8-15-12(7-14)10-5-3-4-6-11(10)13(15)16/h3-6,9,12H,7-8,14H2,1-2H3/t12-/m1/s1. The number of hydrogen-bond donors (Lipinski definition) is 1. The average molecular weight is 218 g/mol. The predicted molar refractivity (Wildman–Crippen MR) is 64.1 cm³/mol. The van der Waals surface area contributed by atoms with Gasteiger partial charge in [-0.2, -0.15) is 0 Å². The highest BCUT2D eigenvalue weighted by Gasteiger charge is 2.35. The Bertz CT molecular complexity index is 401. The van der Waals surface area contributed by atoms with Crippen LogP contribution >= 0.6 is 0 Å². The van der Waals surface area contributed by atoms with Gasteiger partial charge in [0.15, 0.2) is 0 Å². The zero-order valence-corrected chi connectivity index (χ0v) is 9.81. The van der Waals surface area contributed by atoms with Crippen molar-refractivity contribution in [1.82, 2.24) is 4.90 Å². The molecule has 0 saturated carbocycles. The smallest absolute Gasteiger partial charge is 0.254 e. The molecule has 0 saturated heterocycles. The molecule has 0 unspecified atom stereocenters. The molecule has 86 valence electrons. The molecule has 1 aromatic carbocycles. The highest BCUT2D eigenvalue weighted by atomic mass is 16.2. The van der Waals surface area contributed by atoms with Gasteiger partial charge in [0.1, 0.15) is 0 Å². The topological polar surface area (TPSA) is 46.3 Å². The molecule has 1 amide bonds. The Kier molecular flexibility index (Phi) is 2.97. The largest absolute Gasteiger partial charge is 0.330 e. The van der Waals surface area contributed by atoms with Gasteiger partial charge in [-0.3, -0.25) is 4.79 Å². The summed E-state index contributed by atoms with van der Waals surface area (Å²) in [5.41, 5.74) is 7.68. The molecule has 1 atom stereocenters. The van der Waals surface area contributed by atoms with Gasteiger partial charge in [0.2, 0.25) is 0 Å². The van der Waals surface area contributed by atoms with Crippen LogP contribution in [0.3, 0.4) is 0 Å². The number of fused-ring (bicyclic) bond motifs is 1. The molecule has 0 radical (unpaired) electrons. The first-order chi connectivity index (χ1) is 7.65. The van der Waals surface area contributed by atoms with Crippen LogP contribution in [0.4, 0.5) is 0 Å². The van der Waals surface area contributed by atoms with Gasteiger partial charge in [-0.25, -0.2) is 0 Å². The lowest BCUT2D eigenvalue weighted by atomic mass is 10.0. The van der Waals surface area contributed by atoms with Crippen LogP contribution in [0.15, 0.2) is 24.3 Å². The molecule has 2 rings (SSSR count). The van der Waals surface area contributed by atoms with Gasteiger partial charge in [-0.1, -0.05) is 32.0 Å². The van der Waals surface area contributed by atoms with E-state index < -0.39 is 0 Å². The average Bonchev–Trinajstić information content (AvgIpc) is 2.52. The molecule has 2 N–H and O–H groups in total. The van der Waals surface area contributed by atoms with E-state index in [1.807, 2.05) is 29.2 Å². The summed E-state index contributed by atoms with van der Waals surface area (Å²) in [4.78, 5) is 14.1. The number of rotatable bonds is 3. The van der Waals surface area contributed by atoms with Crippen LogP contribution < -0.4 is 5.73 Å². The maximum atomic E-state index is 12.2. The summed E-state index contributed by atoms with van der Waals surface area (Å²) >= 11 is 0. The zero-order chi connectivity index (χ0) is 11.7. The second kappa shape index (κ2) is 4.26. The third-order valence-corrected chi connectivity index (χ3v) is 2.97. The molecule has 1 aliphatic rings. The Morgan fingerprint density at radius 1 is 1.38 bits per heavy atom. The van der Waals surface area contributed by atoms with E-state index in [1.165, 1.54) is 0 Å². The van der Waals surface area contributed by atoms with E-state index in [2.05, 4.69) is 13.8 Å². The number of hydrogen-bond acceptors (Lipinski definition) is 2. The zero-order valence-electron chi connectivity index (χ0n) is 9.81. The molecular formula is C13H18N2O. The first-order valence-corrected chi connectivity index (χ1v) is 5.75. The highest BCUT2D eigenvalue weighted by Crippen LogP contribution is 2.32. The Balaban J connectivity index is 2.35. The normalized spacial score (nSPS) is 19.4. The van der Waals surface area contributed by atoms with Crippen molar-refractivity contribution in [2.24, 2.45) is 11.7 Å². The summed E-state index contributed by atoms with van der Waals surface area (Å²) in [6.45, 7) is 5.50. The molecule has 0 aromatic heterocycles. The number of carbonyl (C=O) groups excluding carboxylic acids is 1. The number of nitrogens with two attached hydrogens (primary N) is 1. The minimum absolute atomic E-state index is 0.0612. The first kappa shape index (κ1) is 11.1. The summed E-state index contributed by atoms with van der Waals surface area (Å²) < 4.78 is 0. The van der Waals surface area contributed by atoms with Crippen molar-refractivity contribution >= 4 is 5.91 Å². The third-order valence-electron chi connectivity index (χ3n) is 2.97. The minimum Gasteiger partial charge on any atom is -0.330 e. The Hall–Kier alpha value is -1.35.